The summed E-state index contributed by atoms with van der Waals surface area (Å²) in [5.41, 5.74) is 9.45. The first-order valence-corrected chi connectivity index (χ1v) is 5.53. The molecule has 5 nitrogen and oxygen atoms in total. The highest BCUT2D eigenvalue weighted by Gasteiger charge is 2.11. The van der Waals surface area contributed by atoms with Crippen molar-refractivity contribution >= 4 is 5.91 Å². The number of carbonyl (C=O) groups excluding carboxylic acids is 1. The SMILES string of the molecule is COCCCNC(=O)C(N)CCCC[NH3+]. The quantitative estimate of drug-likeness (QED) is 0.428. The second-order valence-corrected chi connectivity index (χ2v) is 3.59. The second-order valence-electron chi connectivity index (χ2n) is 3.59. The Balaban J connectivity index is 3.42. The minimum atomic E-state index is -0.376. The highest BCUT2D eigenvalue weighted by Crippen LogP contribution is 1.97. The van der Waals surface area contributed by atoms with E-state index in [1.54, 1.807) is 7.11 Å². The van der Waals surface area contributed by atoms with Gasteiger partial charge in [-0.25, -0.2) is 0 Å². The van der Waals surface area contributed by atoms with E-state index in [0.717, 1.165) is 32.2 Å². The summed E-state index contributed by atoms with van der Waals surface area (Å²) in [6.07, 6.45) is 3.57. The van der Waals surface area contributed by atoms with Crippen molar-refractivity contribution in [1.82, 2.24) is 5.32 Å². The average Bonchev–Trinajstić information content (AvgIpc) is 2.24. The van der Waals surface area contributed by atoms with Crippen LogP contribution in [0.1, 0.15) is 25.7 Å². The molecular formula is C10H24N3O2+. The normalized spacial score (nSPS) is 12.5. The van der Waals surface area contributed by atoms with Gasteiger partial charge in [-0.05, 0) is 25.7 Å². The highest BCUT2D eigenvalue weighted by molar-refractivity contribution is 5.81. The lowest BCUT2D eigenvalue weighted by atomic mass is 10.1. The van der Waals surface area contributed by atoms with Gasteiger partial charge >= 0.3 is 0 Å². The van der Waals surface area contributed by atoms with Crippen molar-refractivity contribution in [2.75, 3.05) is 26.8 Å². The van der Waals surface area contributed by atoms with Crippen molar-refractivity contribution in [2.45, 2.75) is 31.7 Å². The molecule has 0 rings (SSSR count). The maximum Gasteiger partial charge on any atom is 0.236 e. The Morgan fingerprint density at radius 2 is 2.20 bits per heavy atom. The molecule has 0 aliphatic rings. The number of methoxy groups -OCH3 is 1. The van der Waals surface area contributed by atoms with Gasteiger partial charge in [0.15, 0.2) is 0 Å². The standard InChI is InChI=1S/C10H23N3O2/c1-15-8-4-7-13-10(14)9(12)5-2-3-6-11/h9H,2-8,11-12H2,1H3,(H,13,14)/p+1. The van der Waals surface area contributed by atoms with Gasteiger partial charge in [0.2, 0.25) is 5.91 Å². The number of hydrogen-bond donors (Lipinski definition) is 3. The van der Waals surface area contributed by atoms with E-state index in [2.05, 4.69) is 11.1 Å². The van der Waals surface area contributed by atoms with Gasteiger partial charge in [-0.1, -0.05) is 0 Å². The van der Waals surface area contributed by atoms with E-state index in [9.17, 15) is 4.79 Å². The van der Waals surface area contributed by atoms with E-state index >= 15 is 0 Å². The summed E-state index contributed by atoms with van der Waals surface area (Å²) >= 11 is 0. The Labute approximate surface area is 91.5 Å². The van der Waals surface area contributed by atoms with Crippen LogP contribution in [-0.2, 0) is 9.53 Å². The third-order valence-corrected chi connectivity index (χ3v) is 2.18. The van der Waals surface area contributed by atoms with E-state index in [-0.39, 0.29) is 11.9 Å². The van der Waals surface area contributed by atoms with Gasteiger partial charge in [0.1, 0.15) is 0 Å². The van der Waals surface area contributed by atoms with Gasteiger partial charge in [-0.3, -0.25) is 4.79 Å². The summed E-state index contributed by atoms with van der Waals surface area (Å²) in [5.74, 6) is -0.0600. The molecule has 90 valence electrons. The molecule has 0 aromatic heterocycles. The second kappa shape index (κ2) is 9.89. The molecule has 0 bridgehead atoms. The number of rotatable bonds is 9. The van der Waals surface area contributed by atoms with Crippen LogP contribution in [0.25, 0.3) is 0 Å². The van der Waals surface area contributed by atoms with Crippen molar-refractivity contribution in [3.63, 3.8) is 0 Å². The Morgan fingerprint density at radius 1 is 1.47 bits per heavy atom. The highest BCUT2D eigenvalue weighted by atomic mass is 16.5. The molecular weight excluding hydrogens is 194 g/mol. The Kier molecular flexibility index (Phi) is 9.46. The summed E-state index contributed by atoms with van der Waals surface area (Å²) in [6, 6.07) is -0.376. The molecule has 0 heterocycles. The maximum absolute atomic E-state index is 11.4. The zero-order valence-electron chi connectivity index (χ0n) is 9.63. The fraction of sp³-hybridized carbons (Fsp3) is 0.900. The van der Waals surface area contributed by atoms with Crippen LogP contribution < -0.4 is 16.8 Å². The van der Waals surface area contributed by atoms with Gasteiger partial charge in [-0.15, -0.1) is 0 Å². The average molecular weight is 218 g/mol. The number of unbranched alkanes of at least 4 members (excludes halogenated alkanes) is 1. The molecule has 0 aliphatic heterocycles. The van der Waals surface area contributed by atoms with Crippen LogP contribution in [0.2, 0.25) is 0 Å². The van der Waals surface area contributed by atoms with Crippen LogP contribution in [0.15, 0.2) is 0 Å². The summed E-state index contributed by atoms with van der Waals surface area (Å²) in [7, 11) is 1.65. The van der Waals surface area contributed by atoms with Gasteiger partial charge in [0, 0.05) is 20.3 Å². The number of nitrogens with one attached hydrogen (secondary N) is 1. The van der Waals surface area contributed by atoms with Crippen LogP contribution in [0.3, 0.4) is 0 Å². The molecule has 6 N–H and O–H groups in total. The van der Waals surface area contributed by atoms with E-state index < -0.39 is 0 Å². The molecule has 0 spiro atoms. The number of amides is 1. The van der Waals surface area contributed by atoms with Gasteiger partial charge in [0.25, 0.3) is 0 Å². The van der Waals surface area contributed by atoms with Gasteiger partial charge in [-0.2, -0.15) is 0 Å². The first-order chi connectivity index (χ1) is 7.22. The lowest BCUT2D eigenvalue weighted by Crippen LogP contribution is -2.50. The topological polar surface area (TPSA) is 92.0 Å². The molecule has 15 heavy (non-hydrogen) atoms. The van der Waals surface area contributed by atoms with Crippen LogP contribution in [0.5, 0.6) is 0 Å². The van der Waals surface area contributed by atoms with Crippen LogP contribution >= 0.6 is 0 Å². The lowest BCUT2D eigenvalue weighted by molar-refractivity contribution is -0.368. The van der Waals surface area contributed by atoms with E-state index in [1.807, 2.05) is 0 Å². The van der Waals surface area contributed by atoms with E-state index in [1.165, 1.54) is 0 Å². The first kappa shape index (κ1) is 14.3. The van der Waals surface area contributed by atoms with Crippen LogP contribution in [0, 0.1) is 0 Å². The molecule has 0 saturated heterocycles. The molecule has 1 amide bonds. The first-order valence-electron chi connectivity index (χ1n) is 5.53. The molecule has 0 radical (unpaired) electrons. The molecule has 0 aromatic rings. The van der Waals surface area contributed by atoms with E-state index in [4.69, 9.17) is 10.5 Å². The van der Waals surface area contributed by atoms with Crippen molar-refractivity contribution in [2.24, 2.45) is 5.73 Å². The van der Waals surface area contributed by atoms with Crippen molar-refractivity contribution in [1.29, 1.82) is 0 Å². The summed E-state index contributed by atoms with van der Waals surface area (Å²) < 4.78 is 4.87. The molecule has 5 heteroatoms. The number of hydrogen-bond acceptors (Lipinski definition) is 3. The zero-order chi connectivity index (χ0) is 11.5. The number of ether oxygens (including phenoxy) is 1. The van der Waals surface area contributed by atoms with Crippen molar-refractivity contribution < 1.29 is 15.3 Å². The monoisotopic (exact) mass is 218 g/mol. The number of carbonyl (C=O) groups is 1. The molecule has 1 atom stereocenters. The van der Waals surface area contributed by atoms with Crippen molar-refractivity contribution in [3.05, 3.63) is 0 Å². The van der Waals surface area contributed by atoms with E-state index in [0.29, 0.717) is 13.2 Å². The predicted molar refractivity (Wildman–Crippen MR) is 59.1 cm³/mol. The lowest BCUT2D eigenvalue weighted by Gasteiger charge is -2.11. The molecule has 1 unspecified atom stereocenters. The summed E-state index contributed by atoms with van der Waals surface area (Å²) in [4.78, 5) is 11.4. The van der Waals surface area contributed by atoms with Gasteiger partial charge in [0.05, 0.1) is 12.6 Å². The predicted octanol–water partition coefficient (Wildman–Crippen LogP) is -1.12. The summed E-state index contributed by atoms with van der Waals surface area (Å²) in [6.45, 7) is 2.20. The minimum absolute atomic E-state index is 0.0600. The van der Waals surface area contributed by atoms with Crippen molar-refractivity contribution in [3.8, 4) is 0 Å². The Hall–Kier alpha value is -0.650. The molecule has 0 aromatic carbocycles. The molecule has 0 fully saturated rings. The fourth-order valence-corrected chi connectivity index (χ4v) is 1.23. The third kappa shape index (κ3) is 8.35. The molecule has 0 aliphatic carbocycles. The molecule has 0 saturated carbocycles. The number of nitrogens with two attached hydrogens (primary N) is 1. The van der Waals surface area contributed by atoms with Gasteiger partial charge < -0.3 is 21.5 Å². The Bertz CT molecular complexity index is 165. The smallest absolute Gasteiger partial charge is 0.236 e. The zero-order valence-corrected chi connectivity index (χ0v) is 9.63. The largest absolute Gasteiger partial charge is 0.385 e. The maximum atomic E-state index is 11.4. The summed E-state index contributed by atoms with van der Waals surface area (Å²) in [5, 5.41) is 2.78. The number of quaternary nitrogens is 1. The minimum Gasteiger partial charge on any atom is -0.385 e. The Morgan fingerprint density at radius 3 is 2.80 bits per heavy atom. The van der Waals surface area contributed by atoms with Crippen LogP contribution in [0.4, 0.5) is 0 Å². The third-order valence-electron chi connectivity index (χ3n) is 2.18. The fourth-order valence-electron chi connectivity index (χ4n) is 1.23. The van der Waals surface area contributed by atoms with Crippen LogP contribution in [-0.4, -0.2) is 38.8 Å².